The van der Waals surface area contributed by atoms with Gasteiger partial charge in [-0.3, -0.25) is 0 Å². The highest BCUT2D eigenvalue weighted by molar-refractivity contribution is 6.30. The first-order valence-electron chi connectivity index (χ1n) is 5.86. The molecule has 0 aliphatic heterocycles. The molecule has 88 valence electrons. The van der Waals surface area contributed by atoms with E-state index in [1.54, 1.807) is 0 Å². The van der Waals surface area contributed by atoms with Crippen LogP contribution in [0.2, 0.25) is 5.02 Å². The Morgan fingerprint density at radius 1 is 1.44 bits per heavy atom. The average molecular weight is 240 g/mol. The molecule has 1 aromatic rings. The van der Waals surface area contributed by atoms with Gasteiger partial charge in [0.05, 0.1) is 6.10 Å². The van der Waals surface area contributed by atoms with E-state index >= 15 is 0 Å². The molecule has 2 rings (SSSR count). The number of rotatable bonds is 3. The van der Waals surface area contributed by atoms with Crippen molar-refractivity contribution in [3.05, 3.63) is 34.9 Å². The largest absolute Gasteiger partial charge is 0.392 e. The molecule has 1 saturated carbocycles. The summed E-state index contributed by atoms with van der Waals surface area (Å²) in [5.74, 6) is 0. The van der Waals surface area contributed by atoms with Crippen molar-refractivity contribution in [2.75, 3.05) is 0 Å². The normalized spacial score (nSPS) is 26.9. The fourth-order valence-corrected chi connectivity index (χ4v) is 2.53. The monoisotopic (exact) mass is 239 g/mol. The Hall–Kier alpha value is -0.570. The molecule has 0 aromatic heterocycles. The maximum absolute atomic E-state index is 9.75. The summed E-state index contributed by atoms with van der Waals surface area (Å²) in [6.45, 7) is 2.11. The van der Waals surface area contributed by atoms with E-state index in [-0.39, 0.29) is 18.2 Å². The van der Waals surface area contributed by atoms with Crippen molar-refractivity contribution in [3.8, 4) is 0 Å². The summed E-state index contributed by atoms with van der Waals surface area (Å²) in [5.41, 5.74) is 1.17. The quantitative estimate of drug-likeness (QED) is 0.850. The van der Waals surface area contributed by atoms with E-state index in [9.17, 15) is 5.11 Å². The summed E-state index contributed by atoms with van der Waals surface area (Å²) >= 11 is 5.96. The minimum atomic E-state index is -0.193. The molecule has 1 aliphatic rings. The second-order valence-electron chi connectivity index (χ2n) is 4.55. The summed E-state index contributed by atoms with van der Waals surface area (Å²) in [6.07, 6.45) is 2.90. The lowest BCUT2D eigenvalue weighted by Gasteiger charge is -2.22. The zero-order valence-electron chi connectivity index (χ0n) is 9.49. The third-order valence-corrected chi connectivity index (χ3v) is 3.53. The van der Waals surface area contributed by atoms with Gasteiger partial charge in [-0.15, -0.1) is 0 Å². The number of hydrogen-bond acceptors (Lipinski definition) is 2. The molecule has 0 bridgehead atoms. The van der Waals surface area contributed by atoms with Crippen molar-refractivity contribution in [1.29, 1.82) is 0 Å². The molecule has 0 saturated heterocycles. The Morgan fingerprint density at radius 3 is 2.88 bits per heavy atom. The molecular formula is C13H18ClNO. The number of benzene rings is 1. The van der Waals surface area contributed by atoms with Crippen molar-refractivity contribution in [1.82, 2.24) is 5.32 Å². The molecule has 2 N–H and O–H groups in total. The number of halogens is 1. The SMILES string of the molecule is C[C@H](N[C@@H]1CCC[C@H]1O)c1cccc(Cl)c1. The Morgan fingerprint density at radius 2 is 2.25 bits per heavy atom. The van der Waals surface area contributed by atoms with E-state index in [0.717, 1.165) is 24.3 Å². The van der Waals surface area contributed by atoms with Gasteiger partial charge in [0, 0.05) is 17.1 Å². The van der Waals surface area contributed by atoms with E-state index in [0.29, 0.717) is 0 Å². The van der Waals surface area contributed by atoms with Crippen LogP contribution in [0.1, 0.15) is 37.8 Å². The summed E-state index contributed by atoms with van der Waals surface area (Å²) in [7, 11) is 0. The second kappa shape index (κ2) is 5.17. The van der Waals surface area contributed by atoms with Gasteiger partial charge >= 0.3 is 0 Å². The van der Waals surface area contributed by atoms with Crippen LogP contribution >= 0.6 is 11.6 Å². The number of nitrogens with one attached hydrogen (secondary N) is 1. The molecule has 16 heavy (non-hydrogen) atoms. The summed E-state index contributed by atoms with van der Waals surface area (Å²) in [5, 5.41) is 14.0. The highest BCUT2D eigenvalue weighted by Crippen LogP contribution is 2.23. The van der Waals surface area contributed by atoms with Crippen LogP contribution in [0.25, 0.3) is 0 Å². The van der Waals surface area contributed by atoms with Gasteiger partial charge in [-0.25, -0.2) is 0 Å². The molecule has 1 fully saturated rings. The van der Waals surface area contributed by atoms with Crippen LogP contribution in [0.3, 0.4) is 0 Å². The first kappa shape index (κ1) is 11.9. The standard InChI is InChI=1S/C13H18ClNO/c1-9(10-4-2-5-11(14)8-10)15-12-6-3-7-13(12)16/h2,4-5,8-9,12-13,15-16H,3,6-7H2,1H3/t9-,12+,13+/m0/s1. The van der Waals surface area contributed by atoms with Crippen LogP contribution in [0.4, 0.5) is 0 Å². The van der Waals surface area contributed by atoms with E-state index in [1.807, 2.05) is 18.2 Å². The zero-order valence-corrected chi connectivity index (χ0v) is 10.2. The van der Waals surface area contributed by atoms with E-state index in [4.69, 9.17) is 11.6 Å². The molecule has 0 spiro atoms. The smallest absolute Gasteiger partial charge is 0.0693 e. The van der Waals surface area contributed by atoms with Gasteiger partial charge in [0.15, 0.2) is 0 Å². The molecule has 2 nitrogen and oxygen atoms in total. The van der Waals surface area contributed by atoms with Crippen LogP contribution < -0.4 is 5.32 Å². The molecular weight excluding hydrogens is 222 g/mol. The van der Waals surface area contributed by atoms with Crippen LogP contribution in [0.15, 0.2) is 24.3 Å². The predicted molar refractivity (Wildman–Crippen MR) is 66.6 cm³/mol. The molecule has 3 atom stereocenters. The van der Waals surface area contributed by atoms with Gasteiger partial charge in [0.2, 0.25) is 0 Å². The molecule has 1 aliphatic carbocycles. The number of aliphatic hydroxyl groups is 1. The number of hydrogen-bond donors (Lipinski definition) is 2. The topological polar surface area (TPSA) is 32.3 Å². The van der Waals surface area contributed by atoms with Gasteiger partial charge in [-0.2, -0.15) is 0 Å². The highest BCUT2D eigenvalue weighted by Gasteiger charge is 2.26. The third-order valence-electron chi connectivity index (χ3n) is 3.29. The first-order chi connectivity index (χ1) is 7.66. The summed E-state index contributed by atoms with van der Waals surface area (Å²) in [6, 6.07) is 8.33. The van der Waals surface area contributed by atoms with Crippen LogP contribution in [0.5, 0.6) is 0 Å². The van der Waals surface area contributed by atoms with Crippen molar-refractivity contribution in [2.45, 2.75) is 44.4 Å². The lowest BCUT2D eigenvalue weighted by molar-refractivity contribution is 0.144. The van der Waals surface area contributed by atoms with Gasteiger partial charge in [0.1, 0.15) is 0 Å². The fraction of sp³-hybridized carbons (Fsp3) is 0.538. The van der Waals surface area contributed by atoms with Crippen molar-refractivity contribution in [2.24, 2.45) is 0 Å². The summed E-state index contributed by atoms with van der Waals surface area (Å²) < 4.78 is 0. The fourth-order valence-electron chi connectivity index (χ4n) is 2.33. The van der Waals surface area contributed by atoms with E-state index < -0.39 is 0 Å². The van der Waals surface area contributed by atoms with Gasteiger partial charge in [0.25, 0.3) is 0 Å². The Labute approximate surface area is 102 Å². The Bertz CT molecular complexity index is 356. The maximum atomic E-state index is 9.75. The molecule has 3 heteroatoms. The number of aliphatic hydroxyl groups excluding tert-OH is 1. The van der Waals surface area contributed by atoms with Gasteiger partial charge < -0.3 is 10.4 Å². The minimum absolute atomic E-state index is 0.193. The van der Waals surface area contributed by atoms with Crippen LogP contribution in [-0.4, -0.2) is 17.3 Å². The lowest BCUT2D eigenvalue weighted by Crippen LogP contribution is -2.37. The molecule has 0 radical (unpaired) electrons. The molecule has 0 unspecified atom stereocenters. The van der Waals surface area contributed by atoms with Gasteiger partial charge in [-0.05, 0) is 43.9 Å². The molecule has 1 aromatic carbocycles. The average Bonchev–Trinajstić information content (AvgIpc) is 2.64. The zero-order chi connectivity index (χ0) is 11.5. The maximum Gasteiger partial charge on any atom is 0.0693 e. The van der Waals surface area contributed by atoms with Crippen molar-refractivity contribution < 1.29 is 5.11 Å². The van der Waals surface area contributed by atoms with E-state index in [1.165, 1.54) is 5.56 Å². The predicted octanol–water partition coefficient (Wildman–Crippen LogP) is 2.90. The van der Waals surface area contributed by atoms with Crippen LogP contribution in [0, 0.1) is 0 Å². The minimum Gasteiger partial charge on any atom is -0.392 e. The van der Waals surface area contributed by atoms with Crippen molar-refractivity contribution in [3.63, 3.8) is 0 Å². The Kier molecular flexibility index (Phi) is 3.85. The molecule has 0 heterocycles. The first-order valence-corrected chi connectivity index (χ1v) is 6.24. The van der Waals surface area contributed by atoms with Gasteiger partial charge in [-0.1, -0.05) is 23.7 Å². The van der Waals surface area contributed by atoms with Crippen LogP contribution in [-0.2, 0) is 0 Å². The Balaban J connectivity index is 1.99. The second-order valence-corrected chi connectivity index (χ2v) is 4.98. The highest BCUT2D eigenvalue weighted by atomic mass is 35.5. The van der Waals surface area contributed by atoms with E-state index in [2.05, 4.69) is 18.3 Å². The van der Waals surface area contributed by atoms with Crippen molar-refractivity contribution >= 4 is 11.6 Å². The third kappa shape index (κ3) is 2.76. The summed E-state index contributed by atoms with van der Waals surface area (Å²) in [4.78, 5) is 0. The lowest BCUT2D eigenvalue weighted by atomic mass is 10.1. The molecule has 0 amide bonds.